The summed E-state index contributed by atoms with van der Waals surface area (Å²) in [5, 5.41) is 0.821. The van der Waals surface area contributed by atoms with Gasteiger partial charge in [-0.25, -0.2) is 0 Å². The average molecular weight is 423 g/mol. The molecule has 2 aromatic carbocycles. The van der Waals surface area contributed by atoms with E-state index in [2.05, 4.69) is 43.3 Å². The number of hydrogen-bond donors (Lipinski definition) is 0. The van der Waals surface area contributed by atoms with Gasteiger partial charge in [0.2, 0.25) is 0 Å². The second kappa shape index (κ2) is 10.9. The number of halogens is 1. The molecule has 0 N–H and O–H groups in total. The molecule has 2 aliphatic rings. The molecule has 4 rings (SSSR count). The van der Waals surface area contributed by atoms with Gasteiger partial charge < -0.3 is 0 Å². The van der Waals surface area contributed by atoms with Crippen molar-refractivity contribution in [1.82, 2.24) is 0 Å². The highest BCUT2D eigenvalue weighted by Crippen LogP contribution is 2.39. The molecule has 0 atom stereocenters. The lowest BCUT2D eigenvalue weighted by molar-refractivity contribution is 0.237. The molecule has 0 bridgehead atoms. The maximum Gasteiger partial charge on any atom is 0.0406 e. The van der Waals surface area contributed by atoms with Gasteiger partial charge in [0.05, 0.1) is 0 Å². The number of hydrogen-bond acceptors (Lipinski definition) is 0. The van der Waals surface area contributed by atoms with Crippen LogP contribution in [0.25, 0.3) is 0 Å². The summed E-state index contributed by atoms with van der Waals surface area (Å²) in [5.74, 6) is 3.82. The van der Waals surface area contributed by atoms with E-state index in [0.29, 0.717) is 0 Å². The molecule has 0 nitrogen and oxygen atoms in total. The zero-order valence-electron chi connectivity index (χ0n) is 18.8. The molecule has 0 saturated heterocycles. The van der Waals surface area contributed by atoms with Crippen LogP contribution in [0.2, 0.25) is 5.02 Å². The quantitative estimate of drug-likeness (QED) is 0.417. The molecule has 2 fully saturated rings. The van der Waals surface area contributed by atoms with E-state index in [4.69, 9.17) is 11.6 Å². The lowest BCUT2D eigenvalue weighted by atomic mass is 9.74. The fraction of sp³-hybridized carbons (Fsp3) is 0.586. The van der Waals surface area contributed by atoms with Gasteiger partial charge in [-0.3, -0.25) is 0 Å². The number of rotatable bonds is 7. The number of aryl methyl sites for hydroxylation is 2. The third-order valence-electron chi connectivity index (χ3n) is 8.03. The molecule has 0 aliphatic heterocycles. The lowest BCUT2D eigenvalue weighted by Crippen LogP contribution is -2.17. The smallest absolute Gasteiger partial charge is 0.0406 e. The highest BCUT2D eigenvalue weighted by Gasteiger charge is 2.24. The Labute approximate surface area is 189 Å². The van der Waals surface area contributed by atoms with Gasteiger partial charge in [0.15, 0.2) is 0 Å². The zero-order chi connectivity index (χ0) is 20.8. The lowest BCUT2D eigenvalue weighted by Gasteiger charge is -2.31. The van der Waals surface area contributed by atoms with E-state index in [-0.39, 0.29) is 0 Å². The first kappa shape index (κ1) is 21.9. The van der Waals surface area contributed by atoms with Crippen LogP contribution in [0.4, 0.5) is 0 Å². The van der Waals surface area contributed by atoms with E-state index in [1.807, 2.05) is 12.1 Å². The molecule has 2 aromatic rings. The van der Waals surface area contributed by atoms with Crippen LogP contribution < -0.4 is 0 Å². The summed E-state index contributed by atoms with van der Waals surface area (Å²) < 4.78 is 0. The second-order valence-electron chi connectivity index (χ2n) is 10.3. The van der Waals surface area contributed by atoms with Gasteiger partial charge in [-0.15, -0.1) is 0 Å². The Morgan fingerprint density at radius 2 is 1.10 bits per heavy atom. The van der Waals surface area contributed by atoms with E-state index >= 15 is 0 Å². The van der Waals surface area contributed by atoms with Gasteiger partial charge in [-0.1, -0.05) is 93.4 Å². The Morgan fingerprint density at radius 1 is 0.633 bits per heavy atom. The Morgan fingerprint density at radius 3 is 1.63 bits per heavy atom. The summed E-state index contributed by atoms with van der Waals surface area (Å²) >= 11 is 5.99. The standard InChI is InChI=1S/C29H39Cl/c1-22-2-4-23(5-3-22)6-7-24-10-16-27(17-11-24)28-18-12-25(13-19-28)8-9-26-14-20-29(30)21-15-26/h12-15,18-24,27H,2-11,16-17H2,1H3/t22-,23-,24-,27-. The van der Waals surface area contributed by atoms with Gasteiger partial charge >= 0.3 is 0 Å². The van der Waals surface area contributed by atoms with Crippen molar-refractivity contribution in [2.75, 3.05) is 0 Å². The van der Waals surface area contributed by atoms with Crippen molar-refractivity contribution in [3.8, 4) is 0 Å². The molecule has 2 saturated carbocycles. The molecule has 0 unspecified atom stereocenters. The summed E-state index contributed by atoms with van der Waals surface area (Å²) in [7, 11) is 0. The third-order valence-corrected chi connectivity index (χ3v) is 8.28. The Hall–Kier alpha value is -1.27. The van der Waals surface area contributed by atoms with E-state index in [1.54, 1.807) is 5.56 Å². The van der Waals surface area contributed by atoms with Crippen molar-refractivity contribution >= 4 is 11.6 Å². The number of benzene rings is 2. The maximum atomic E-state index is 5.99. The van der Waals surface area contributed by atoms with Gasteiger partial charge in [-0.2, -0.15) is 0 Å². The van der Waals surface area contributed by atoms with Crippen LogP contribution >= 0.6 is 11.6 Å². The summed E-state index contributed by atoms with van der Waals surface area (Å²) in [4.78, 5) is 0. The van der Waals surface area contributed by atoms with Gasteiger partial charge in [-0.05, 0) is 91.0 Å². The molecule has 0 aromatic heterocycles. The van der Waals surface area contributed by atoms with Crippen LogP contribution in [0.3, 0.4) is 0 Å². The first-order chi connectivity index (χ1) is 14.7. The van der Waals surface area contributed by atoms with Crippen molar-refractivity contribution in [1.29, 1.82) is 0 Å². The summed E-state index contributed by atoms with van der Waals surface area (Å²) in [6.45, 7) is 2.43. The molecular formula is C29H39Cl. The molecule has 2 aliphatic carbocycles. The minimum absolute atomic E-state index is 0.794. The third kappa shape index (κ3) is 6.36. The topological polar surface area (TPSA) is 0 Å². The molecule has 0 amide bonds. The summed E-state index contributed by atoms with van der Waals surface area (Å²) in [6, 6.07) is 17.8. The van der Waals surface area contributed by atoms with Crippen LogP contribution in [0, 0.1) is 17.8 Å². The predicted octanol–water partition coefficient (Wildman–Crippen LogP) is 9.01. The predicted molar refractivity (Wildman–Crippen MR) is 130 cm³/mol. The summed E-state index contributed by atoms with van der Waals surface area (Å²) in [5.41, 5.74) is 4.39. The first-order valence-electron chi connectivity index (χ1n) is 12.5. The minimum Gasteiger partial charge on any atom is -0.0843 e. The van der Waals surface area contributed by atoms with E-state index in [9.17, 15) is 0 Å². The minimum atomic E-state index is 0.794. The van der Waals surface area contributed by atoms with E-state index in [1.165, 1.54) is 75.3 Å². The molecule has 0 radical (unpaired) electrons. The van der Waals surface area contributed by atoms with Gasteiger partial charge in [0, 0.05) is 5.02 Å². The van der Waals surface area contributed by atoms with Crippen LogP contribution in [-0.2, 0) is 12.8 Å². The van der Waals surface area contributed by atoms with Crippen molar-refractivity contribution in [2.45, 2.75) is 89.9 Å². The Kier molecular flexibility index (Phi) is 7.94. The SMILES string of the molecule is C[C@H]1CC[C@H](CC[C@H]2CC[C@H](c3ccc(CCc4ccc(Cl)cc4)cc3)CC2)CC1. The molecule has 30 heavy (non-hydrogen) atoms. The van der Waals surface area contributed by atoms with Crippen molar-refractivity contribution < 1.29 is 0 Å². The van der Waals surface area contributed by atoms with Gasteiger partial charge in [0.25, 0.3) is 0 Å². The normalized spacial score (nSPS) is 27.1. The average Bonchev–Trinajstić information content (AvgIpc) is 2.79. The van der Waals surface area contributed by atoms with Gasteiger partial charge in [0.1, 0.15) is 0 Å². The largest absolute Gasteiger partial charge is 0.0843 e. The molecule has 0 heterocycles. The molecule has 162 valence electrons. The Balaban J connectivity index is 1.18. The van der Waals surface area contributed by atoms with Crippen molar-refractivity contribution in [3.63, 3.8) is 0 Å². The monoisotopic (exact) mass is 422 g/mol. The van der Waals surface area contributed by atoms with E-state index < -0.39 is 0 Å². The fourth-order valence-electron chi connectivity index (χ4n) is 5.77. The second-order valence-corrected chi connectivity index (χ2v) is 10.7. The van der Waals surface area contributed by atoms with Crippen molar-refractivity contribution in [3.05, 3.63) is 70.2 Å². The van der Waals surface area contributed by atoms with Crippen LogP contribution in [0.15, 0.2) is 48.5 Å². The van der Waals surface area contributed by atoms with Crippen LogP contribution in [0.5, 0.6) is 0 Å². The molecular weight excluding hydrogens is 384 g/mol. The maximum absolute atomic E-state index is 5.99. The molecule has 0 spiro atoms. The molecule has 1 heteroatoms. The highest BCUT2D eigenvalue weighted by atomic mass is 35.5. The first-order valence-corrected chi connectivity index (χ1v) is 12.9. The van der Waals surface area contributed by atoms with E-state index in [0.717, 1.165) is 41.5 Å². The fourth-order valence-corrected chi connectivity index (χ4v) is 5.90. The van der Waals surface area contributed by atoms with Crippen LogP contribution in [0.1, 0.15) is 93.7 Å². The highest BCUT2D eigenvalue weighted by molar-refractivity contribution is 6.30. The Bertz CT molecular complexity index is 744. The van der Waals surface area contributed by atoms with Crippen molar-refractivity contribution in [2.24, 2.45) is 17.8 Å². The van der Waals surface area contributed by atoms with Crippen LogP contribution in [-0.4, -0.2) is 0 Å². The zero-order valence-corrected chi connectivity index (χ0v) is 19.5. The summed E-state index contributed by atoms with van der Waals surface area (Å²) in [6.07, 6.45) is 16.9.